The summed E-state index contributed by atoms with van der Waals surface area (Å²) < 4.78 is 0. The maximum absolute atomic E-state index is 12.7. The van der Waals surface area contributed by atoms with Crippen LogP contribution in [0, 0.1) is 5.92 Å². The topological polar surface area (TPSA) is 59.2 Å². The summed E-state index contributed by atoms with van der Waals surface area (Å²) in [6, 6.07) is 11.9. The number of fused-ring (bicyclic) bond motifs is 1. The van der Waals surface area contributed by atoms with Crippen LogP contribution in [0.2, 0.25) is 0 Å². The van der Waals surface area contributed by atoms with E-state index < -0.39 is 0 Å². The smallest absolute Gasteiger partial charge is 0.272 e. The molecule has 2 atom stereocenters. The van der Waals surface area contributed by atoms with Gasteiger partial charge in [-0.25, -0.2) is 4.98 Å². The molecule has 1 saturated carbocycles. The van der Waals surface area contributed by atoms with Gasteiger partial charge in [0.1, 0.15) is 5.69 Å². The zero-order chi connectivity index (χ0) is 14.8. The van der Waals surface area contributed by atoms with Crippen LogP contribution < -0.4 is 5.73 Å². The second kappa shape index (κ2) is 5.82. The Hall–Kier alpha value is -1.94. The van der Waals surface area contributed by atoms with Crippen LogP contribution in [0.25, 0.3) is 10.9 Å². The van der Waals surface area contributed by atoms with Gasteiger partial charge >= 0.3 is 0 Å². The summed E-state index contributed by atoms with van der Waals surface area (Å²) in [7, 11) is 1.87. The molecule has 0 bridgehead atoms. The molecule has 1 amide bonds. The van der Waals surface area contributed by atoms with E-state index in [-0.39, 0.29) is 11.9 Å². The molecule has 2 unspecified atom stereocenters. The Bertz CT molecular complexity index is 655. The van der Waals surface area contributed by atoms with Crippen LogP contribution in [-0.4, -0.2) is 35.4 Å². The Morgan fingerprint density at radius 3 is 2.90 bits per heavy atom. The van der Waals surface area contributed by atoms with Gasteiger partial charge in [0, 0.05) is 18.5 Å². The van der Waals surface area contributed by atoms with Gasteiger partial charge in [0.2, 0.25) is 0 Å². The second-order valence-electron chi connectivity index (χ2n) is 5.80. The van der Waals surface area contributed by atoms with Crippen LogP contribution in [0.15, 0.2) is 36.4 Å². The first-order valence-electron chi connectivity index (χ1n) is 7.53. The van der Waals surface area contributed by atoms with Crippen molar-refractivity contribution in [1.82, 2.24) is 9.88 Å². The number of para-hydroxylation sites is 1. The Kier molecular flexibility index (Phi) is 3.88. The molecule has 0 radical (unpaired) electrons. The molecule has 1 heterocycles. The van der Waals surface area contributed by atoms with Gasteiger partial charge in [-0.05, 0) is 37.4 Å². The fourth-order valence-electron chi connectivity index (χ4n) is 3.32. The Morgan fingerprint density at radius 2 is 2.10 bits per heavy atom. The van der Waals surface area contributed by atoms with Gasteiger partial charge in [0.15, 0.2) is 0 Å². The van der Waals surface area contributed by atoms with Crippen LogP contribution in [-0.2, 0) is 0 Å². The third-order valence-electron chi connectivity index (χ3n) is 4.56. The predicted octanol–water partition coefficient (Wildman–Crippen LogP) is 2.43. The average Bonchev–Trinajstić information content (AvgIpc) is 3.01. The molecule has 4 heteroatoms. The highest BCUT2D eigenvalue weighted by Crippen LogP contribution is 2.29. The van der Waals surface area contributed by atoms with E-state index in [1.54, 1.807) is 0 Å². The van der Waals surface area contributed by atoms with E-state index in [4.69, 9.17) is 5.73 Å². The number of pyridine rings is 1. The number of carbonyl (C=O) groups is 1. The van der Waals surface area contributed by atoms with Gasteiger partial charge in [-0.2, -0.15) is 0 Å². The van der Waals surface area contributed by atoms with E-state index in [0.29, 0.717) is 18.2 Å². The minimum atomic E-state index is -0.00824. The third-order valence-corrected chi connectivity index (χ3v) is 4.56. The molecule has 4 nitrogen and oxygen atoms in total. The fourth-order valence-corrected chi connectivity index (χ4v) is 3.32. The molecular weight excluding hydrogens is 262 g/mol. The van der Waals surface area contributed by atoms with Gasteiger partial charge in [-0.3, -0.25) is 4.79 Å². The summed E-state index contributed by atoms with van der Waals surface area (Å²) in [5.41, 5.74) is 7.19. The number of nitrogens with zero attached hydrogens (tertiary/aromatic N) is 2. The lowest BCUT2D eigenvalue weighted by Crippen LogP contribution is -2.41. The zero-order valence-electron chi connectivity index (χ0n) is 12.3. The van der Waals surface area contributed by atoms with E-state index >= 15 is 0 Å². The van der Waals surface area contributed by atoms with Crippen LogP contribution in [0.3, 0.4) is 0 Å². The second-order valence-corrected chi connectivity index (χ2v) is 5.80. The monoisotopic (exact) mass is 283 g/mol. The average molecular weight is 283 g/mol. The molecule has 1 aromatic heterocycles. The van der Waals surface area contributed by atoms with Crippen molar-refractivity contribution in [1.29, 1.82) is 0 Å². The number of aromatic nitrogens is 1. The number of amides is 1. The van der Waals surface area contributed by atoms with Gasteiger partial charge in [-0.1, -0.05) is 30.7 Å². The van der Waals surface area contributed by atoms with Crippen molar-refractivity contribution < 1.29 is 4.79 Å². The van der Waals surface area contributed by atoms with Crippen molar-refractivity contribution >= 4 is 16.8 Å². The molecule has 1 aromatic carbocycles. The van der Waals surface area contributed by atoms with Crippen LogP contribution in [0.4, 0.5) is 0 Å². The quantitative estimate of drug-likeness (QED) is 0.941. The lowest BCUT2D eigenvalue weighted by molar-refractivity contribution is 0.0694. The van der Waals surface area contributed by atoms with E-state index in [2.05, 4.69) is 4.98 Å². The van der Waals surface area contributed by atoms with Crippen molar-refractivity contribution in [2.75, 3.05) is 13.6 Å². The Morgan fingerprint density at radius 1 is 1.29 bits per heavy atom. The molecule has 0 saturated heterocycles. The number of hydrogen-bond acceptors (Lipinski definition) is 3. The molecule has 3 rings (SSSR count). The first-order valence-corrected chi connectivity index (χ1v) is 7.53. The number of benzene rings is 1. The lowest BCUT2D eigenvalue weighted by atomic mass is 10.0. The molecule has 2 aromatic rings. The summed E-state index contributed by atoms with van der Waals surface area (Å²) in [4.78, 5) is 19.0. The minimum absolute atomic E-state index is 0.00824. The highest BCUT2D eigenvalue weighted by Gasteiger charge is 2.32. The summed E-state index contributed by atoms with van der Waals surface area (Å²) in [6.07, 6.45) is 3.30. The van der Waals surface area contributed by atoms with Crippen LogP contribution >= 0.6 is 0 Å². The van der Waals surface area contributed by atoms with Crippen molar-refractivity contribution in [3.8, 4) is 0 Å². The van der Waals surface area contributed by atoms with Gasteiger partial charge in [0.25, 0.3) is 5.91 Å². The number of rotatable bonds is 3. The molecule has 1 aliphatic rings. The summed E-state index contributed by atoms with van der Waals surface area (Å²) in [6.45, 7) is 0.646. The number of nitrogens with two attached hydrogens (primary N) is 1. The highest BCUT2D eigenvalue weighted by atomic mass is 16.2. The van der Waals surface area contributed by atoms with E-state index in [9.17, 15) is 4.79 Å². The van der Waals surface area contributed by atoms with Gasteiger partial charge in [0.05, 0.1) is 5.52 Å². The first kappa shape index (κ1) is 14.0. The van der Waals surface area contributed by atoms with Crippen molar-refractivity contribution in [2.45, 2.75) is 25.3 Å². The molecule has 110 valence electrons. The predicted molar refractivity (Wildman–Crippen MR) is 84.0 cm³/mol. The van der Waals surface area contributed by atoms with Crippen molar-refractivity contribution in [2.24, 2.45) is 11.7 Å². The molecular formula is C17H21N3O. The largest absolute Gasteiger partial charge is 0.337 e. The van der Waals surface area contributed by atoms with Gasteiger partial charge < -0.3 is 10.6 Å². The summed E-state index contributed by atoms with van der Waals surface area (Å²) in [5, 5.41) is 1.05. The normalized spacial score (nSPS) is 21.6. The molecule has 1 aliphatic carbocycles. The lowest BCUT2D eigenvalue weighted by Gasteiger charge is -2.29. The molecule has 0 aliphatic heterocycles. The third kappa shape index (κ3) is 2.63. The Labute approximate surface area is 125 Å². The van der Waals surface area contributed by atoms with Crippen molar-refractivity contribution in [3.63, 3.8) is 0 Å². The van der Waals surface area contributed by atoms with E-state index in [1.165, 1.54) is 0 Å². The maximum atomic E-state index is 12.7. The Balaban J connectivity index is 1.85. The minimum Gasteiger partial charge on any atom is -0.337 e. The van der Waals surface area contributed by atoms with Crippen molar-refractivity contribution in [3.05, 3.63) is 42.1 Å². The SMILES string of the molecule is CN(C(=O)c1ccc2ccccc2n1)C1CCCC1CN. The van der Waals surface area contributed by atoms with Crippen LogP contribution in [0.5, 0.6) is 0 Å². The summed E-state index contributed by atoms with van der Waals surface area (Å²) in [5.74, 6) is 0.408. The molecule has 2 N–H and O–H groups in total. The van der Waals surface area contributed by atoms with E-state index in [1.807, 2.05) is 48.3 Å². The maximum Gasteiger partial charge on any atom is 0.272 e. The molecule has 1 fully saturated rings. The standard InChI is InChI=1S/C17H21N3O/c1-20(16-8-4-6-13(16)11-18)17(21)15-10-9-12-5-2-3-7-14(12)19-15/h2-3,5,7,9-10,13,16H,4,6,8,11,18H2,1H3. The number of carbonyl (C=O) groups excluding carboxylic acids is 1. The van der Waals surface area contributed by atoms with Gasteiger partial charge in [-0.15, -0.1) is 0 Å². The van der Waals surface area contributed by atoms with Crippen LogP contribution in [0.1, 0.15) is 29.8 Å². The summed E-state index contributed by atoms with van der Waals surface area (Å²) >= 11 is 0. The fraction of sp³-hybridized carbons (Fsp3) is 0.412. The zero-order valence-corrected chi connectivity index (χ0v) is 12.3. The number of hydrogen-bond donors (Lipinski definition) is 1. The molecule has 21 heavy (non-hydrogen) atoms. The van der Waals surface area contributed by atoms with E-state index in [0.717, 1.165) is 30.2 Å². The molecule has 0 spiro atoms. The first-order chi connectivity index (χ1) is 10.2. The highest BCUT2D eigenvalue weighted by molar-refractivity contribution is 5.95.